The molecule has 24 heavy (non-hydrogen) atoms. The van der Waals surface area contributed by atoms with Gasteiger partial charge in [-0.2, -0.15) is 0 Å². The zero-order chi connectivity index (χ0) is 18.7. The van der Waals surface area contributed by atoms with E-state index in [-0.39, 0.29) is 0 Å². The number of carbonyl (C=O) groups is 2. The van der Waals surface area contributed by atoms with Gasteiger partial charge in [0.15, 0.2) is 0 Å². The van der Waals surface area contributed by atoms with Crippen molar-refractivity contribution in [1.29, 1.82) is 0 Å². The topological polar surface area (TPSA) is 116 Å². The molecule has 1 aromatic carbocycles. The Kier molecular flexibility index (Phi) is 6.22. The Hall–Kier alpha value is -2.26. The fourth-order valence-corrected chi connectivity index (χ4v) is 1.80. The molecule has 0 saturated carbocycles. The van der Waals surface area contributed by atoms with Gasteiger partial charge >= 0.3 is 12.1 Å². The van der Waals surface area contributed by atoms with E-state index in [1.54, 1.807) is 20.8 Å². The number of alkyl carbamates (subject to hydrolysis) is 1. The van der Waals surface area contributed by atoms with Gasteiger partial charge < -0.3 is 25.4 Å². The highest BCUT2D eigenvalue weighted by Crippen LogP contribution is 2.25. The molecule has 9 heteroatoms. The molecule has 1 aromatic rings. The number of amides is 1. The fourth-order valence-electron chi connectivity index (χ4n) is 1.80. The van der Waals surface area contributed by atoms with Crippen LogP contribution in [0.1, 0.15) is 42.8 Å². The van der Waals surface area contributed by atoms with E-state index in [1.807, 2.05) is 0 Å². The van der Waals surface area contributed by atoms with Gasteiger partial charge in [0, 0.05) is 6.54 Å². The van der Waals surface area contributed by atoms with E-state index in [2.05, 4.69) is 5.32 Å². The maximum absolute atomic E-state index is 13.8. The lowest BCUT2D eigenvalue weighted by molar-refractivity contribution is 0.00947. The van der Waals surface area contributed by atoms with Crippen LogP contribution >= 0.6 is 0 Å². The zero-order valence-corrected chi connectivity index (χ0v) is 13.3. The molecule has 0 aliphatic heterocycles. The number of hydrogen-bond acceptors (Lipinski definition) is 5. The van der Waals surface area contributed by atoms with E-state index in [9.17, 15) is 28.6 Å². The van der Waals surface area contributed by atoms with Gasteiger partial charge in [0.25, 0.3) is 0 Å². The Labute approximate surface area is 136 Å². The van der Waals surface area contributed by atoms with E-state index in [1.165, 1.54) is 0 Å². The van der Waals surface area contributed by atoms with Crippen LogP contribution in [0, 0.1) is 11.6 Å². The maximum Gasteiger partial charge on any atom is 0.407 e. The Bertz CT molecular complexity index is 606. The summed E-state index contributed by atoms with van der Waals surface area (Å²) >= 11 is 0. The molecule has 1 amide bonds. The van der Waals surface area contributed by atoms with Crippen molar-refractivity contribution in [3.05, 3.63) is 34.9 Å². The first-order valence-corrected chi connectivity index (χ1v) is 6.97. The summed E-state index contributed by atoms with van der Waals surface area (Å²) in [4.78, 5) is 22.1. The molecule has 0 aromatic heterocycles. The maximum atomic E-state index is 13.8. The van der Waals surface area contributed by atoms with Gasteiger partial charge in [-0.05, 0) is 32.9 Å². The predicted molar refractivity (Wildman–Crippen MR) is 78.5 cm³/mol. The van der Waals surface area contributed by atoms with Crippen molar-refractivity contribution >= 4 is 12.1 Å². The van der Waals surface area contributed by atoms with Crippen LogP contribution in [0.5, 0.6) is 0 Å². The van der Waals surface area contributed by atoms with E-state index in [0.29, 0.717) is 12.1 Å². The summed E-state index contributed by atoms with van der Waals surface area (Å²) < 4.78 is 32.5. The summed E-state index contributed by atoms with van der Waals surface area (Å²) in [6.45, 7) is 4.32. The molecule has 0 radical (unpaired) electrons. The van der Waals surface area contributed by atoms with Gasteiger partial charge in [0.2, 0.25) is 0 Å². The molecule has 4 N–H and O–H groups in total. The lowest BCUT2D eigenvalue weighted by atomic mass is 10.0. The third-order valence-corrected chi connectivity index (χ3v) is 2.84. The van der Waals surface area contributed by atoms with E-state index in [4.69, 9.17) is 9.84 Å². The number of nitrogens with one attached hydrogen (secondary N) is 1. The molecule has 0 saturated heterocycles. The number of hydrogen-bond donors (Lipinski definition) is 4. The fraction of sp³-hybridized carbons (Fsp3) is 0.467. The largest absolute Gasteiger partial charge is 0.478 e. The molecule has 1 rings (SSSR count). The average molecular weight is 347 g/mol. The van der Waals surface area contributed by atoms with E-state index in [0.717, 1.165) is 0 Å². The van der Waals surface area contributed by atoms with Crippen molar-refractivity contribution < 1.29 is 38.4 Å². The molecule has 2 atom stereocenters. The molecule has 0 heterocycles. The highest BCUT2D eigenvalue weighted by molar-refractivity contribution is 5.87. The van der Waals surface area contributed by atoms with Crippen molar-refractivity contribution in [1.82, 2.24) is 5.32 Å². The lowest BCUT2D eigenvalue weighted by Crippen LogP contribution is -2.39. The first kappa shape index (κ1) is 19.8. The second-order valence-electron chi connectivity index (χ2n) is 6.05. The van der Waals surface area contributed by atoms with E-state index >= 15 is 0 Å². The van der Waals surface area contributed by atoms with Crippen LogP contribution in [0.3, 0.4) is 0 Å². The number of rotatable bonds is 5. The Morgan fingerprint density at radius 3 is 2.12 bits per heavy atom. The summed E-state index contributed by atoms with van der Waals surface area (Å²) in [5.74, 6) is -4.19. The SMILES string of the molecule is CC(C)(C)OC(=O)NCC(O)C(O)c1c(F)cc(C(=O)O)cc1F. The second-order valence-corrected chi connectivity index (χ2v) is 6.05. The van der Waals surface area contributed by atoms with Gasteiger partial charge in [-0.3, -0.25) is 0 Å². The molecule has 0 spiro atoms. The van der Waals surface area contributed by atoms with Gasteiger partial charge in [-0.15, -0.1) is 0 Å². The highest BCUT2D eigenvalue weighted by atomic mass is 19.1. The molecule has 0 bridgehead atoms. The molecule has 0 aliphatic rings. The van der Waals surface area contributed by atoms with Crippen molar-refractivity contribution in [2.45, 2.75) is 38.6 Å². The second kappa shape index (κ2) is 7.54. The zero-order valence-electron chi connectivity index (χ0n) is 13.3. The summed E-state index contributed by atoms with van der Waals surface area (Å²) in [5.41, 5.74) is -2.31. The van der Waals surface area contributed by atoms with Crippen molar-refractivity contribution in [2.24, 2.45) is 0 Å². The van der Waals surface area contributed by atoms with Gasteiger partial charge in [-0.25, -0.2) is 18.4 Å². The normalized spacial score (nSPS) is 14.0. The van der Waals surface area contributed by atoms with Gasteiger partial charge in [0.05, 0.1) is 11.1 Å². The molecular formula is C15H19F2NO6. The number of aliphatic hydroxyl groups excluding tert-OH is 2. The van der Waals surface area contributed by atoms with Crippen molar-refractivity contribution in [2.75, 3.05) is 6.54 Å². The number of benzene rings is 1. The highest BCUT2D eigenvalue weighted by Gasteiger charge is 2.27. The van der Waals surface area contributed by atoms with Crippen LogP contribution in [0.15, 0.2) is 12.1 Å². The number of halogens is 2. The number of aromatic carboxylic acids is 1. The standard InChI is InChI=1S/C15H19F2NO6/c1-15(2,3)24-14(23)18-6-10(19)12(20)11-8(16)4-7(13(21)22)5-9(11)17/h4-5,10,12,19-20H,6H2,1-3H3,(H,18,23)(H,21,22). The Morgan fingerprint density at radius 2 is 1.71 bits per heavy atom. The van der Waals surface area contributed by atoms with Crippen molar-refractivity contribution in [3.8, 4) is 0 Å². The summed E-state index contributed by atoms with van der Waals surface area (Å²) in [5, 5.41) is 30.5. The van der Waals surface area contributed by atoms with Gasteiger partial charge in [-0.1, -0.05) is 0 Å². The molecule has 2 unspecified atom stereocenters. The third-order valence-electron chi connectivity index (χ3n) is 2.84. The molecular weight excluding hydrogens is 328 g/mol. The molecule has 0 fully saturated rings. The monoisotopic (exact) mass is 347 g/mol. The van der Waals surface area contributed by atoms with Crippen LogP contribution in [-0.4, -0.2) is 45.6 Å². The number of ether oxygens (including phenoxy) is 1. The number of carboxylic acid groups (broad SMARTS) is 1. The Balaban J connectivity index is 2.81. The molecule has 0 aliphatic carbocycles. The number of carboxylic acids is 1. The van der Waals surface area contributed by atoms with Crippen LogP contribution in [0.4, 0.5) is 13.6 Å². The van der Waals surface area contributed by atoms with E-state index < -0.39 is 59.2 Å². The third kappa shape index (κ3) is 5.43. The lowest BCUT2D eigenvalue weighted by Gasteiger charge is -2.22. The number of carbonyl (C=O) groups excluding carboxylic acids is 1. The predicted octanol–water partition coefficient (Wildman–Crippen LogP) is 1.58. The molecule has 134 valence electrons. The smallest absolute Gasteiger partial charge is 0.407 e. The summed E-state index contributed by atoms with van der Waals surface area (Å²) in [6.07, 6.45) is -4.63. The number of aliphatic hydroxyl groups is 2. The minimum absolute atomic E-state index is 0.526. The van der Waals surface area contributed by atoms with Crippen LogP contribution < -0.4 is 5.32 Å². The van der Waals surface area contributed by atoms with Crippen LogP contribution in [0.25, 0.3) is 0 Å². The first-order valence-electron chi connectivity index (χ1n) is 6.97. The van der Waals surface area contributed by atoms with Crippen LogP contribution in [-0.2, 0) is 4.74 Å². The summed E-state index contributed by atoms with van der Waals surface area (Å²) in [6, 6.07) is 1.05. The first-order chi connectivity index (χ1) is 10.9. The minimum atomic E-state index is -2.01. The van der Waals surface area contributed by atoms with Gasteiger partial charge in [0.1, 0.15) is 29.4 Å². The average Bonchev–Trinajstić information content (AvgIpc) is 2.41. The minimum Gasteiger partial charge on any atom is -0.478 e. The summed E-state index contributed by atoms with van der Waals surface area (Å²) in [7, 11) is 0. The molecule has 7 nitrogen and oxygen atoms in total. The van der Waals surface area contributed by atoms with Crippen molar-refractivity contribution in [3.63, 3.8) is 0 Å². The van der Waals surface area contributed by atoms with Crippen LogP contribution in [0.2, 0.25) is 0 Å². The quantitative estimate of drug-likeness (QED) is 0.643. The Morgan fingerprint density at radius 1 is 1.21 bits per heavy atom.